The van der Waals surface area contributed by atoms with Crippen LogP contribution in [0.4, 0.5) is 8.78 Å². The number of amides is 1. The van der Waals surface area contributed by atoms with E-state index in [1.54, 1.807) is 40.5 Å². The minimum Gasteiger partial charge on any atom is -0.335 e. The largest absolute Gasteiger partial charge is 0.335 e. The summed E-state index contributed by atoms with van der Waals surface area (Å²) < 4.78 is 28.8. The van der Waals surface area contributed by atoms with E-state index in [1.165, 1.54) is 35.6 Å². The Hall–Kier alpha value is -3.43. The molecule has 34 heavy (non-hydrogen) atoms. The van der Waals surface area contributed by atoms with Crippen molar-refractivity contribution in [3.8, 4) is 10.6 Å². The summed E-state index contributed by atoms with van der Waals surface area (Å²) in [7, 11) is 1.84. The first-order valence-electron chi connectivity index (χ1n) is 11.0. The van der Waals surface area contributed by atoms with Gasteiger partial charge in [0.1, 0.15) is 22.3 Å². The number of benzene rings is 2. The zero-order chi connectivity index (χ0) is 23.7. The quantitative estimate of drug-likeness (QED) is 0.427. The average Bonchev–Trinajstić information content (AvgIpc) is 3.51. The van der Waals surface area contributed by atoms with Crippen LogP contribution in [0.5, 0.6) is 0 Å². The SMILES string of the molecule is Cn1cc(-c2nc(C(=O)N3CCN(C(c4ccc(F)cc4)c4ccc(F)cc4)CC3)cs2)cn1. The Kier molecular flexibility index (Phi) is 6.21. The van der Waals surface area contributed by atoms with E-state index in [-0.39, 0.29) is 23.6 Å². The molecule has 0 N–H and O–H groups in total. The van der Waals surface area contributed by atoms with Crippen LogP contribution in [-0.4, -0.2) is 56.7 Å². The third-order valence-electron chi connectivity index (χ3n) is 6.01. The second-order valence-corrected chi connectivity index (χ2v) is 9.13. The van der Waals surface area contributed by atoms with Gasteiger partial charge in [0.15, 0.2) is 0 Å². The number of aromatic nitrogens is 3. The molecule has 1 aliphatic heterocycles. The Morgan fingerprint density at radius 1 is 0.941 bits per heavy atom. The molecule has 0 saturated carbocycles. The number of piperazine rings is 1. The van der Waals surface area contributed by atoms with Gasteiger partial charge in [-0.2, -0.15) is 5.10 Å². The normalized spacial score (nSPS) is 14.6. The van der Waals surface area contributed by atoms with Gasteiger partial charge in [-0.15, -0.1) is 11.3 Å². The summed E-state index contributed by atoms with van der Waals surface area (Å²) in [5.41, 5.74) is 3.17. The molecule has 2 aromatic carbocycles. The first-order chi connectivity index (χ1) is 16.5. The Balaban J connectivity index is 1.31. The van der Waals surface area contributed by atoms with Crippen LogP contribution in [0.2, 0.25) is 0 Å². The molecule has 0 unspecified atom stereocenters. The van der Waals surface area contributed by atoms with E-state index in [4.69, 9.17) is 0 Å². The van der Waals surface area contributed by atoms with Crippen LogP contribution < -0.4 is 0 Å². The summed E-state index contributed by atoms with van der Waals surface area (Å²) in [6.45, 7) is 2.34. The Morgan fingerprint density at radius 2 is 1.53 bits per heavy atom. The minimum atomic E-state index is -0.300. The number of carbonyl (C=O) groups excluding carboxylic acids is 1. The Morgan fingerprint density at radius 3 is 2.06 bits per heavy atom. The molecule has 0 spiro atoms. The monoisotopic (exact) mass is 479 g/mol. The van der Waals surface area contributed by atoms with E-state index in [2.05, 4.69) is 15.0 Å². The molecule has 0 aliphatic carbocycles. The Labute approximate surface area is 200 Å². The van der Waals surface area contributed by atoms with Crippen molar-refractivity contribution in [2.45, 2.75) is 6.04 Å². The predicted octanol–water partition coefficient (Wildman–Crippen LogP) is 4.37. The van der Waals surface area contributed by atoms with Crippen molar-refractivity contribution in [2.75, 3.05) is 26.2 Å². The summed E-state index contributed by atoms with van der Waals surface area (Å²) in [5.74, 6) is -0.692. The lowest BCUT2D eigenvalue weighted by Gasteiger charge is -2.39. The van der Waals surface area contributed by atoms with Crippen LogP contribution in [-0.2, 0) is 7.05 Å². The van der Waals surface area contributed by atoms with Gasteiger partial charge in [-0.3, -0.25) is 14.4 Å². The highest BCUT2D eigenvalue weighted by atomic mass is 32.1. The van der Waals surface area contributed by atoms with Gasteiger partial charge >= 0.3 is 0 Å². The molecule has 0 atom stereocenters. The van der Waals surface area contributed by atoms with E-state index in [9.17, 15) is 13.6 Å². The summed E-state index contributed by atoms with van der Waals surface area (Å²) in [5, 5.41) is 6.72. The van der Waals surface area contributed by atoms with E-state index in [0.29, 0.717) is 31.9 Å². The van der Waals surface area contributed by atoms with Crippen LogP contribution >= 0.6 is 11.3 Å². The van der Waals surface area contributed by atoms with Crippen molar-refractivity contribution in [1.29, 1.82) is 0 Å². The molecule has 9 heteroatoms. The van der Waals surface area contributed by atoms with Crippen LogP contribution in [0.1, 0.15) is 27.7 Å². The van der Waals surface area contributed by atoms with E-state index in [1.807, 2.05) is 18.1 Å². The van der Waals surface area contributed by atoms with Crippen molar-refractivity contribution < 1.29 is 13.6 Å². The molecule has 0 radical (unpaired) electrons. The van der Waals surface area contributed by atoms with Gasteiger partial charge in [0.25, 0.3) is 5.91 Å². The lowest BCUT2D eigenvalue weighted by molar-refractivity contribution is 0.0592. The third-order valence-corrected chi connectivity index (χ3v) is 6.90. The van der Waals surface area contributed by atoms with E-state index in [0.717, 1.165) is 21.7 Å². The summed E-state index contributed by atoms with van der Waals surface area (Å²) >= 11 is 1.43. The molecule has 4 aromatic rings. The van der Waals surface area contributed by atoms with Crippen molar-refractivity contribution >= 4 is 17.2 Å². The van der Waals surface area contributed by atoms with Gasteiger partial charge in [-0.05, 0) is 35.4 Å². The lowest BCUT2D eigenvalue weighted by atomic mass is 9.96. The van der Waals surface area contributed by atoms with Crippen molar-refractivity contribution in [1.82, 2.24) is 24.6 Å². The number of nitrogens with zero attached hydrogens (tertiary/aromatic N) is 5. The highest BCUT2D eigenvalue weighted by molar-refractivity contribution is 7.13. The van der Waals surface area contributed by atoms with Crippen LogP contribution in [0.3, 0.4) is 0 Å². The summed E-state index contributed by atoms with van der Waals surface area (Å²) in [6.07, 6.45) is 3.60. The lowest BCUT2D eigenvalue weighted by Crippen LogP contribution is -2.50. The number of carbonyl (C=O) groups is 1. The van der Waals surface area contributed by atoms with Gasteiger partial charge in [0.2, 0.25) is 0 Å². The summed E-state index contributed by atoms with van der Waals surface area (Å²) in [6, 6.07) is 12.6. The number of halogens is 2. The molecule has 174 valence electrons. The first-order valence-corrected chi connectivity index (χ1v) is 11.8. The predicted molar refractivity (Wildman–Crippen MR) is 126 cm³/mol. The molecule has 6 nitrogen and oxygen atoms in total. The zero-order valence-corrected chi connectivity index (χ0v) is 19.4. The van der Waals surface area contributed by atoms with Gasteiger partial charge in [0.05, 0.1) is 12.2 Å². The molecular formula is C25H23F2N5OS. The molecular weight excluding hydrogens is 456 g/mol. The number of thiazole rings is 1. The third kappa shape index (κ3) is 4.62. The maximum Gasteiger partial charge on any atom is 0.273 e. The smallest absolute Gasteiger partial charge is 0.273 e. The second-order valence-electron chi connectivity index (χ2n) is 8.27. The number of hydrogen-bond donors (Lipinski definition) is 0. The van der Waals surface area contributed by atoms with Crippen molar-refractivity contribution in [3.05, 3.63) is 94.8 Å². The molecule has 1 amide bonds. The molecule has 0 bridgehead atoms. The second kappa shape index (κ2) is 9.44. The molecule has 1 saturated heterocycles. The fourth-order valence-corrected chi connectivity index (χ4v) is 5.05. The van der Waals surface area contributed by atoms with E-state index >= 15 is 0 Å². The topological polar surface area (TPSA) is 54.3 Å². The van der Waals surface area contributed by atoms with Crippen LogP contribution in [0.15, 0.2) is 66.3 Å². The highest BCUT2D eigenvalue weighted by Crippen LogP contribution is 2.30. The summed E-state index contributed by atoms with van der Waals surface area (Å²) in [4.78, 5) is 21.7. The van der Waals surface area contributed by atoms with Gasteiger partial charge in [0, 0.05) is 50.4 Å². The van der Waals surface area contributed by atoms with Crippen molar-refractivity contribution in [2.24, 2.45) is 7.05 Å². The van der Waals surface area contributed by atoms with Crippen LogP contribution in [0.25, 0.3) is 10.6 Å². The van der Waals surface area contributed by atoms with E-state index < -0.39 is 0 Å². The van der Waals surface area contributed by atoms with Crippen LogP contribution in [0, 0.1) is 11.6 Å². The number of rotatable bonds is 5. The maximum atomic E-state index is 13.5. The first kappa shape index (κ1) is 22.4. The van der Waals surface area contributed by atoms with Gasteiger partial charge in [-0.25, -0.2) is 13.8 Å². The fraction of sp³-hybridized carbons (Fsp3) is 0.240. The number of aryl methyl sites for hydroxylation is 1. The molecule has 1 aliphatic rings. The highest BCUT2D eigenvalue weighted by Gasteiger charge is 2.29. The standard InChI is InChI=1S/C25H23F2N5OS/c1-30-15-19(14-28-30)24-29-22(16-34-24)25(33)32-12-10-31(11-13-32)23(17-2-6-20(26)7-3-17)18-4-8-21(27)9-5-18/h2-9,14-16,23H,10-13H2,1H3. The minimum absolute atomic E-state index is 0.0915. The fourth-order valence-electron chi connectivity index (χ4n) is 4.29. The average molecular weight is 480 g/mol. The Bertz CT molecular complexity index is 1230. The molecule has 1 fully saturated rings. The van der Waals surface area contributed by atoms with Crippen molar-refractivity contribution in [3.63, 3.8) is 0 Å². The molecule has 2 aromatic heterocycles. The molecule has 3 heterocycles. The maximum absolute atomic E-state index is 13.5. The van der Waals surface area contributed by atoms with Gasteiger partial charge < -0.3 is 4.90 Å². The number of hydrogen-bond acceptors (Lipinski definition) is 5. The molecule has 5 rings (SSSR count). The van der Waals surface area contributed by atoms with Gasteiger partial charge in [-0.1, -0.05) is 24.3 Å². The zero-order valence-electron chi connectivity index (χ0n) is 18.6.